The number of pyridine rings is 1. The van der Waals surface area contributed by atoms with Crippen molar-refractivity contribution >= 4 is 17.2 Å². The van der Waals surface area contributed by atoms with Crippen LogP contribution in [0.25, 0.3) is 0 Å². The molecule has 2 rings (SSSR count). The van der Waals surface area contributed by atoms with E-state index >= 15 is 0 Å². The Hall–Kier alpha value is -2.28. The first-order valence-corrected chi connectivity index (χ1v) is 9.16. The van der Waals surface area contributed by atoms with Crippen LogP contribution in [0.3, 0.4) is 0 Å². The molecular weight excluding hydrogens is 314 g/mol. The maximum Gasteiger partial charge on any atom is 0.196 e. The highest BCUT2D eigenvalue weighted by atomic mass is 15.3. The van der Waals surface area contributed by atoms with E-state index in [0.717, 1.165) is 31.6 Å². The van der Waals surface area contributed by atoms with Crippen molar-refractivity contribution < 1.29 is 4.57 Å². The Balaban J connectivity index is 1.95. The molecule has 0 amide bonds. The van der Waals surface area contributed by atoms with Gasteiger partial charge in [0.2, 0.25) is 0 Å². The molecule has 0 unspecified atom stereocenters. The second kappa shape index (κ2) is 10.6. The third-order valence-electron chi connectivity index (χ3n) is 4.07. The van der Waals surface area contributed by atoms with Gasteiger partial charge in [-0.25, -0.2) is 9.25 Å². The molecule has 0 aliphatic carbocycles. The number of hydrogen-bond donors (Lipinski definition) is 2. The summed E-state index contributed by atoms with van der Waals surface area (Å²) in [6.45, 7) is 4.66. The van der Waals surface area contributed by atoms with Crippen LogP contribution in [0.5, 0.6) is 0 Å². The number of rotatable bonds is 11. The molecule has 0 saturated heterocycles. The Bertz CT molecular complexity index is 663. The fourth-order valence-electron chi connectivity index (χ4n) is 2.59. The molecule has 0 aromatic carbocycles. The van der Waals surface area contributed by atoms with Crippen molar-refractivity contribution in [2.24, 2.45) is 16.0 Å². The predicted molar refractivity (Wildman–Crippen MR) is 99.9 cm³/mol. The van der Waals surface area contributed by atoms with Crippen molar-refractivity contribution in [2.75, 3.05) is 12.3 Å². The van der Waals surface area contributed by atoms with E-state index in [4.69, 9.17) is 11.5 Å². The summed E-state index contributed by atoms with van der Waals surface area (Å²) in [5.41, 5.74) is 13.0. The number of hydrogen-bond acceptors (Lipinski definition) is 5. The van der Waals surface area contributed by atoms with Gasteiger partial charge in [0.05, 0.1) is 6.20 Å². The third kappa shape index (κ3) is 6.26. The average molecular weight is 344 g/mol. The van der Waals surface area contributed by atoms with Crippen LogP contribution in [0.1, 0.15) is 45.4 Å². The zero-order valence-electron chi connectivity index (χ0n) is 15.1. The number of aromatic nitrogens is 3. The maximum atomic E-state index is 6.08. The van der Waals surface area contributed by atoms with Gasteiger partial charge in [0.1, 0.15) is 23.7 Å². The number of unbranched alkanes of at least 4 members (excludes halogenated alkanes) is 4. The standard InChI is InChI=1S/C18H30N7/c1-2-3-4-6-11-24-12-8-9-16(15-24)22-23-17-14-21-25(18(17)20)13-7-5-10-19/h8-9,12,14-15H,2-7,10-11,13,19-20H2,1H3/q+1. The van der Waals surface area contributed by atoms with E-state index in [0.29, 0.717) is 18.1 Å². The molecule has 7 nitrogen and oxygen atoms in total. The lowest BCUT2D eigenvalue weighted by Gasteiger charge is -2.02. The van der Waals surface area contributed by atoms with Gasteiger partial charge in [-0.3, -0.25) is 0 Å². The first-order valence-electron chi connectivity index (χ1n) is 9.16. The van der Waals surface area contributed by atoms with Gasteiger partial charge in [-0.2, -0.15) is 5.10 Å². The second-order valence-corrected chi connectivity index (χ2v) is 6.19. The van der Waals surface area contributed by atoms with Crippen LogP contribution in [0.4, 0.5) is 17.2 Å². The summed E-state index contributed by atoms with van der Waals surface area (Å²) < 4.78 is 3.91. The molecule has 2 aromatic heterocycles. The molecule has 25 heavy (non-hydrogen) atoms. The molecule has 0 atom stereocenters. The van der Waals surface area contributed by atoms with E-state index in [9.17, 15) is 0 Å². The van der Waals surface area contributed by atoms with Crippen LogP contribution in [-0.2, 0) is 13.1 Å². The van der Waals surface area contributed by atoms with E-state index in [1.165, 1.54) is 25.7 Å². The molecule has 0 saturated carbocycles. The Labute approximate surface area is 149 Å². The van der Waals surface area contributed by atoms with Crippen LogP contribution in [0.15, 0.2) is 41.0 Å². The SMILES string of the molecule is CCCCCC[n+]1cccc(N=Nc2cnn(CCCCN)c2N)c1. The van der Waals surface area contributed by atoms with Crippen LogP contribution in [-0.4, -0.2) is 16.3 Å². The molecule has 0 aliphatic rings. The highest BCUT2D eigenvalue weighted by molar-refractivity contribution is 5.56. The minimum atomic E-state index is 0.546. The Morgan fingerprint density at radius 3 is 2.84 bits per heavy atom. The quantitative estimate of drug-likeness (QED) is 0.371. The lowest BCUT2D eigenvalue weighted by Crippen LogP contribution is -2.32. The molecular formula is C18H30N7+. The van der Waals surface area contributed by atoms with E-state index in [-0.39, 0.29) is 0 Å². The van der Waals surface area contributed by atoms with E-state index in [1.807, 2.05) is 18.3 Å². The van der Waals surface area contributed by atoms with Crippen molar-refractivity contribution in [1.82, 2.24) is 9.78 Å². The number of aryl methyl sites for hydroxylation is 2. The molecule has 7 heteroatoms. The van der Waals surface area contributed by atoms with Crippen molar-refractivity contribution in [3.05, 3.63) is 30.7 Å². The van der Waals surface area contributed by atoms with Crippen LogP contribution >= 0.6 is 0 Å². The van der Waals surface area contributed by atoms with Crippen LogP contribution in [0, 0.1) is 0 Å². The smallest absolute Gasteiger partial charge is 0.196 e. The summed E-state index contributed by atoms with van der Waals surface area (Å²) in [4.78, 5) is 0. The van der Waals surface area contributed by atoms with Gasteiger partial charge < -0.3 is 11.5 Å². The topological polar surface area (TPSA) is 98.5 Å². The average Bonchev–Trinajstić information content (AvgIpc) is 2.98. The van der Waals surface area contributed by atoms with Gasteiger partial charge >= 0.3 is 0 Å². The predicted octanol–water partition coefficient (Wildman–Crippen LogP) is 3.49. The lowest BCUT2D eigenvalue weighted by atomic mass is 10.2. The monoisotopic (exact) mass is 344 g/mol. The number of anilines is 1. The molecule has 2 aromatic rings. The van der Waals surface area contributed by atoms with E-state index < -0.39 is 0 Å². The highest BCUT2D eigenvalue weighted by Crippen LogP contribution is 2.23. The first kappa shape index (κ1) is 19.1. The van der Waals surface area contributed by atoms with Gasteiger partial charge in [-0.15, -0.1) is 10.2 Å². The Morgan fingerprint density at radius 2 is 2.04 bits per heavy atom. The Morgan fingerprint density at radius 1 is 1.16 bits per heavy atom. The van der Waals surface area contributed by atoms with E-state index in [1.54, 1.807) is 10.9 Å². The second-order valence-electron chi connectivity index (χ2n) is 6.19. The third-order valence-corrected chi connectivity index (χ3v) is 4.07. The molecule has 0 bridgehead atoms. The van der Waals surface area contributed by atoms with Gasteiger partial charge in [0, 0.05) is 19.0 Å². The molecule has 4 N–H and O–H groups in total. The van der Waals surface area contributed by atoms with Crippen molar-refractivity contribution in [3.8, 4) is 0 Å². The summed E-state index contributed by atoms with van der Waals surface area (Å²) in [5.74, 6) is 0.546. The fourth-order valence-corrected chi connectivity index (χ4v) is 2.59. The number of azo groups is 1. The largest absolute Gasteiger partial charge is 0.382 e. The number of nitrogens with zero attached hydrogens (tertiary/aromatic N) is 5. The zero-order chi connectivity index (χ0) is 17.9. The number of nitrogens with two attached hydrogens (primary N) is 2. The zero-order valence-corrected chi connectivity index (χ0v) is 15.1. The minimum Gasteiger partial charge on any atom is -0.382 e. The molecule has 0 fully saturated rings. The molecule has 0 spiro atoms. The van der Waals surface area contributed by atoms with Gasteiger partial charge in [-0.1, -0.05) is 19.8 Å². The molecule has 2 heterocycles. The van der Waals surface area contributed by atoms with Crippen LogP contribution in [0.2, 0.25) is 0 Å². The fraction of sp³-hybridized carbons (Fsp3) is 0.556. The van der Waals surface area contributed by atoms with Crippen molar-refractivity contribution in [3.63, 3.8) is 0 Å². The molecule has 0 radical (unpaired) electrons. The first-order chi connectivity index (χ1) is 12.2. The van der Waals surface area contributed by atoms with Crippen molar-refractivity contribution in [2.45, 2.75) is 58.5 Å². The Kier molecular flexibility index (Phi) is 8.04. The summed E-state index contributed by atoms with van der Waals surface area (Å²) in [5, 5.41) is 12.8. The van der Waals surface area contributed by atoms with Gasteiger partial charge in [0.25, 0.3) is 0 Å². The summed E-state index contributed by atoms with van der Waals surface area (Å²) >= 11 is 0. The molecule has 0 aliphatic heterocycles. The number of nitrogen functional groups attached to an aromatic ring is 1. The summed E-state index contributed by atoms with van der Waals surface area (Å²) in [6, 6.07) is 3.93. The molecule has 136 valence electrons. The minimum absolute atomic E-state index is 0.546. The van der Waals surface area contributed by atoms with Gasteiger partial charge in [-0.05, 0) is 31.9 Å². The van der Waals surface area contributed by atoms with Gasteiger partial charge in [0.15, 0.2) is 12.4 Å². The maximum absolute atomic E-state index is 6.08. The van der Waals surface area contributed by atoms with Crippen LogP contribution < -0.4 is 16.0 Å². The summed E-state index contributed by atoms with van der Waals surface area (Å²) in [6.07, 6.45) is 12.6. The normalized spacial score (nSPS) is 11.4. The lowest BCUT2D eigenvalue weighted by molar-refractivity contribution is -0.696. The van der Waals surface area contributed by atoms with E-state index in [2.05, 4.69) is 33.0 Å². The van der Waals surface area contributed by atoms with Crippen molar-refractivity contribution in [1.29, 1.82) is 0 Å². The highest BCUT2D eigenvalue weighted by Gasteiger charge is 2.07. The summed E-state index contributed by atoms with van der Waals surface area (Å²) in [7, 11) is 0.